The molecule has 0 bridgehead atoms. The SMILES string of the molecule is Nc1ncc(Cl)cc1C(=O)CN1CCCNCC1. The zero-order valence-corrected chi connectivity index (χ0v) is 10.9. The molecule has 0 radical (unpaired) electrons. The fourth-order valence-corrected chi connectivity index (χ4v) is 2.18. The summed E-state index contributed by atoms with van der Waals surface area (Å²) in [5.74, 6) is 0.224. The number of rotatable bonds is 3. The first-order valence-corrected chi connectivity index (χ1v) is 6.42. The lowest BCUT2D eigenvalue weighted by molar-refractivity contribution is 0.0935. The van der Waals surface area contributed by atoms with Crippen LogP contribution in [0.5, 0.6) is 0 Å². The first-order chi connectivity index (χ1) is 8.66. The Hall–Kier alpha value is -1.17. The van der Waals surface area contributed by atoms with Crippen LogP contribution in [0.4, 0.5) is 5.82 Å². The Balaban J connectivity index is 2.04. The van der Waals surface area contributed by atoms with Gasteiger partial charge in [0.2, 0.25) is 0 Å². The summed E-state index contributed by atoms with van der Waals surface area (Å²) < 4.78 is 0. The number of hydrogen-bond donors (Lipinski definition) is 2. The molecule has 0 aromatic carbocycles. The van der Waals surface area contributed by atoms with Crippen molar-refractivity contribution in [2.24, 2.45) is 0 Å². The smallest absolute Gasteiger partial charge is 0.180 e. The number of nitrogens with two attached hydrogens (primary N) is 1. The number of halogens is 1. The molecule has 6 heteroatoms. The van der Waals surface area contributed by atoms with E-state index in [2.05, 4.69) is 15.2 Å². The third-order valence-corrected chi connectivity index (χ3v) is 3.19. The summed E-state index contributed by atoms with van der Waals surface area (Å²) >= 11 is 5.84. The van der Waals surface area contributed by atoms with Crippen LogP contribution in [0.15, 0.2) is 12.3 Å². The molecular formula is C12H17ClN4O. The predicted molar refractivity (Wildman–Crippen MR) is 71.9 cm³/mol. The van der Waals surface area contributed by atoms with Gasteiger partial charge in [-0.25, -0.2) is 4.98 Å². The first kappa shape index (κ1) is 13.3. The molecule has 5 nitrogen and oxygen atoms in total. The average molecular weight is 269 g/mol. The topological polar surface area (TPSA) is 71.2 Å². The molecule has 0 aliphatic carbocycles. The highest BCUT2D eigenvalue weighted by Crippen LogP contribution is 2.16. The standard InChI is InChI=1S/C12H17ClN4O/c13-9-6-10(12(14)16-7-9)11(18)8-17-4-1-2-15-3-5-17/h6-7,15H,1-5,8H2,(H2,14,16). The third-order valence-electron chi connectivity index (χ3n) is 2.99. The number of anilines is 1. The molecule has 0 saturated carbocycles. The Morgan fingerprint density at radius 1 is 1.50 bits per heavy atom. The van der Waals surface area contributed by atoms with Crippen molar-refractivity contribution in [3.05, 3.63) is 22.8 Å². The molecule has 1 fully saturated rings. The molecule has 1 aromatic rings. The molecule has 0 amide bonds. The van der Waals surface area contributed by atoms with E-state index in [1.807, 2.05) is 0 Å². The van der Waals surface area contributed by atoms with Crippen LogP contribution in [0.1, 0.15) is 16.8 Å². The molecule has 0 unspecified atom stereocenters. The van der Waals surface area contributed by atoms with Crippen LogP contribution in [0, 0.1) is 0 Å². The molecular weight excluding hydrogens is 252 g/mol. The van der Waals surface area contributed by atoms with Crippen molar-refractivity contribution >= 4 is 23.2 Å². The maximum absolute atomic E-state index is 12.2. The quantitative estimate of drug-likeness (QED) is 0.794. The minimum absolute atomic E-state index is 0.0237. The van der Waals surface area contributed by atoms with Gasteiger partial charge in [-0.05, 0) is 25.6 Å². The van der Waals surface area contributed by atoms with Gasteiger partial charge in [-0.3, -0.25) is 9.69 Å². The van der Waals surface area contributed by atoms with Crippen LogP contribution in [0.2, 0.25) is 5.02 Å². The minimum atomic E-state index is -0.0237. The summed E-state index contributed by atoms with van der Waals surface area (Å²) in [6.45, 7) is 4.09. The lowest BCUT2D eigenvalue weighted by atomic mass is 10.1. The Labute approximate surface area is 111 Å². The van der Waals surface area contributed by atoms with Gasteiger partial charge in [0.1, 0.15) is 5.82 Å². The van der Waals surface area contributed by atoms with E-state index in [4.69, 9.17) is 17.3 Å². The van der Waals surface area contributed by atoms with Crippen molar-refractivity contribution in [2.75, 3.05) is 38.5 Å². The normalized spacial score (nSPS) is 17.4. The number of carbonyl (C=O) groups excluding carboxylic acids is 1. The van der Waals surface area contributed by atoms with Gasteiger partial charge < -0.3 is 11.1 Å². The van der Waals surface area contributed by atoms with E-state index < -0.39 is 0 Å². The lowest BCUT2D eigenvalue weighted by Gasteiger charge is -2.18. The summed E-state index contributed by atoms with van der Waals surface area (Å²) in [4.78, 5) is 18.2. The highest BCUT2D eigenvalue weighted by Gasteiger charge is 2.16. The molecule has 2 heterocycles. The van der Waals surface area contributed by atoms with Crippen LogP contribution in [0.3, 0.4) is 0 Å². The zero-order valence-electron chi connectivity index (χ0n) is 10.2. The number of nitrogens with one attached hydrogen (secondary N) is 1. The van der Waals surface area contributed by atoms with Crippen molar-refractivity contribution in [1.29, 1.82) is 0 Å². The Bertz CT molecular complexity index is 430. The van der Waals surface area contributed by atoms with Gasteiger partial charge in [0.25, 0.3) is 0 Å². The van der Waals surface area contributed by atoms with Crippen LogP contribution >= 0.6 is 11.6 Å². The Morgan fingerprint density at radius 2 is 2.33 bits per heavy atom. The molecule has 1 aliphatic heterocycles. The number of carbonyl (C=O) groups is 1. The van der Waals surface area contributed by atoms with E-state index in [1.54, 1.807) is 6.07 Å². The van der Waals surface area contributed by atoms with Gasteiger partial charge in [0.05, 0.1) is 17.1 Å². The molecule has 18 heavy (non-hydrogen) atoms. The van der Waals surface area contributed by atoms with Gasteiger partial charge in [0.15, 0.2) is 5.78 Å². The van der Waals surface area contributed by atoms with E-state index in [9.17, 15) is 4.79 Å². The number of ketones is 1. The van der Waals surface area contributed by atoms with Crippen LogP contribution in [-0.4, -0.2) is 48.4 Å². The lowest BCUT2D eigenvalue weighted by Crippen LogP contribution is -2.33. The van der Waals surface area contributed by atoms with Gasteiger partial charge in [-0.1, -0.05) is 11.6 Å². The number of Topliss-reactive ketones (excluding diaryl/α,β-unsaturated/α-hetero) is 1. The summed E-state index contributed by atoms with van der Waals surface area (Å²) in [5, 5.41) is 3.73. The minimum Gasteiger partial charge on any atom is -0.383 e. The fourth-order valence-electron chi connectivity index (χ4n) is 2.02. The predicted octanol–water partition coefficient (Wildman–Crippen LogP) is 0.795. The first-order valence-electron chi connectivity index (χ1n) is 6.04. The van der Waals surface area contributed by atoms with Crippen molar-refractivity contribution in [3.63, 3.8) is 0 Å². The highest BCUT2D eigenvalue weighted by atomic mass is 35.5. The number of aromatic nitrogens is 1. The van der Waals surface area contributed by atoms with Gasteiger partial charge in [-0.2, -0.15) is 0 Å². The molecule has 0 atom stereocenters. The maximum Gasteiger partial charge on any atom is 0.180 e. The molecule has 2 rings (SSSR count). The maximum atomic E-state index is 12.2. The molecule has 98 valence electrons. The number of nitrogen functional groups attached to an aromatic ring is 1. The average Bonchev–Trinajstić information content (AvgIpc) is 2.61. The van der Waals surface area contributed by atoms with Gasteiger partial charge >= 0.3 is 0 Å². The van der Waals surface area contributed by atoms with Crippen molar-refractivity contribution < 1.29 is 4.79 Å². The van der Waals surface area contributed by atoms with Crippen LogP contribution < -0.4 is 11.1 Å². The summed E-state index contributed by atoms with van der Waals surface area (Å²) in [6, 6.07) is 1.59. The monoisotopic (exact) mass is 268 g/mol. The third kappa shape index (κ3) is 3.41. The number of nitrogens with zero attached hydrogens (tertiary/aromatic N) is 2. The van der Waals surface area contributed by atoms with Crippen LogP contribution in [-0.2, 0) is 0 Å². The van der Waals surface area contributed by atoms with E-state index in [0.717, 1.165) is 32.6 Å². The van der Waals surface area contributed by atoms with Crippen LogP contribution in [0.25, 0.3) is 0 Å². The van der Waals surface area contributed by atoms with E-state index in [1.165, 1.54) is 6.20 Å². The van der Waals surface area contributed by atoms with Crippen molar-refractivity contribution in [2.45, 2.75) is 6.42 Å². The molecule has 1 aromatic heterocycles. The summed E-state index contributed by atoms with van der Waals surface area (Å²) in [7, 11) is 0. The van der Waals surface area contributed by atoms with Gasteiger partial charge in [0, 0.05) is 19.3 Å². The van der Waals surface area contributed by atoms with E-state index in [-0.39, 0.29) is 11.6 Å². The Kier molecular flexibility index (Phi) is 4.52. The second-order valence-electron chi connectivity index (χ2n) is 4.39. The highest BCUT2D eigenvalue weighted by molar-refractivity contribution is 6.31. The molecule has 1 saturated heterocycles. The van der Waals surface area contributed by atoms with Crippen molar-refractivity contribution in [3.8, 4) is 0 Å². The summed E-state index contributed by atoms with van der Waals surface area (Å²) in [6.07, 6.45) is 2.50. The zero-order chi connectivity index (χ0) is 13.0. The second-order valence-corrected chi connectivity index (χ2v) is 4.83. The Morgan fingerprint density at radius 3 is 3.17 bits per heavy atom. The molecule has 3 N–H and O–H groups in total. The fraction of sp³-hybridized carbons (Fsp3) is 0.500. The molecule has 1 aliphatic rings. The largest absolute Gasteiger partial charge is 0.383 e. The number of pyridine rings is 1. The number of hydrogen-bond acceptors (Lipinski definition) is 5. The van der Waals surface area contributed by atoms with Gasteiger partial charge in [-0.15, -0.1) is 0 Å². The van der Waals surface area contributed by atoms with Crippen molar-refractivity contribution in [1.82, 2.24) is 15.2 Å². The second kappa shape index (κ2) is 6.13. The van der Waals surface area contributed by atoms with E-state index in [0.29, 0.717) is 17.1 Å². The van der Waals surface area contributed by atoms with E-state index >= 15 is 0 Å². The molecule has 0 spiro atoms. The summed E-state index contributed by atoms with van der Waals surface area (Å²) in [5.41, 5.74) is 6.12.